The molecule has 1 heterocycles. The van der Waals surface area contributed by atoms with E-state index in [0.717, 1.165) is 59.4 Å². The van der Waals surface area contributed by atoms with Crippen LogP contribution in [-0.2, 0) is 28.2 Å². The number of aliphatic hydroxyl groups is 1. The number of nitrogens with zero attached hydrogens (tertiary/aromatic N) is 1. The molecule has 1 N–H and O–H groups in total. The molecule has 3 aromatic carbocycles. The maximum atomic E-state index is 13.4. The van der Waals surface area contributed by atoms with E-state index in [1.165, 1.54) is 0 Å². The van der Waals surface area contributed by atoms with Gasteiger partial charge in [-0.3, -0.25) is 9.69 Å². The van der Waals surface area contributed by atoms with Crippen LogP contribution in [0.2, 0.25) is 5.02 Å². The van der Waals surface area contributed by atoms with E-state index in [-0.39, 0.29) is 18.4 Å². The van der Waals surface area contributed by atoms with Crippen LogP contribution in [0.3, 0.4) is 0 Å². The van der Waals surface area contributed by atoms with Crippen molar-refractivity contribution < 1.29 is 19.4 Å². The van der Waals surface area contributed by atoms with Crippen molar-refractivity contribution in [3.05, 3.63) is 94.0 Å². The monoisotopic (exact) mass is 505 g/mol. The molecule has 1 saturated carbocycles. The summed E-state index contributed by atoms with van der Waals surface area (Å²) in [5, 5.41) is 11.7. The van der Waals surface area contributed by atoms with Gasteiger partial charge in [-0.15, -0.1) is 0 Å². The predicted octanol–water partition coefficient (Wildman–Crippen LogP) is 6.69. The van der Waals surface area contributed by atoms with Crippen LogP contribution in [-0.4, -0.2) is 17.1 Å². The molecule has 6 heteroatoms. The van der Waals surface area contributed by atoms with Gasteiger partial charge in [-0.2, -0.15) is 0 Å². The minimum Gasteiger partial charge on any atom is -0.491 e. The fraction of sp³-hybridized carbons (Fsp3) is 0.367. The van der Waals surface area contributed by atoms with Crippen LogP contribution >= 0.6 is 11.6 Å². The lowest BCUT2D eigenvalue weighted by molar-refractivity contribution is -0.122. The van der Waals surface area contributed by atoms with E-state index >= 15 is 0 Å². The third-order valence-corrected chi connectivity index (χ3v) is 7.29. The minimum absolute atomic E-state index is 0.0338. The van der Waals surface area contributed by atoms with E-state index in [0.29, 0.717) is 11.6 Å². The van der Waals surface area contributed by atoms with Crippen molar-refractivity contribution in [2.45, 2.75) is 70.5 Å². The normalized spacial score (nSPS) is 19.0. The summed E-state index contributed by atoms with van der Waals surface area (Å²) in [7, 11) is 0. The first-order valence-corrected chi connectivity index (χ1v) is 13.0. The summed E-state index contributed by atoms with van der Waals surface area (Å²) in [5.41, 5.74) is 3.69. The average molecular weight is 506 g/mol. The third kappa shape index (κ3) is 5.15. The highest BCUT2D eigenvalue weighted by molar-refractivity contribution is 6.30. The molecule has 5 rings (SSSR count). The Labute approximate surface area is 217 Å². The minimum atomic E-state index is -0.773. The Morgan fingerprint density at radius 3 is 2.39 bits per heavy atom. The van der Waals surface area contributed by atoms with Gasteiger partial charge in [-0.05, 0) is 79.8 Å². The lowest BCUT2D eigenvalue weighted by atomic mass is 9.91. The number of fused-ring (bicyclic) bond motifs is 1. The number of ether oxygens (including phenoxy) is 2. The molecule has 5 nitrogen and oxygen atoms in total. The van der Waals surface area contributed by atoms with Crippen molar-refractivity contribution in [2.75, 3.05) is 4.90 Å². The second kappa shape index (κ2) is 10.3. The zero-order chi connectivity index (χ0) is 25.3. The molecule has 0 saturated heterocycles. The Morgan fingerprint density at radius 2 is 1.72 bits per heavy atom. The van der Waals surface area contributed by atoms with Gasteiger partial charge in [0.1, 0.15) is 5.75 Å². The number of amides is 1. The van der Waals surface area contributed by atoms with Gasteiger partial charge in [0.25, 0.3) is 0 Å². The first-order chi connectivity index (χ1) is 17.3. The number of hydrogen-bond acceptors (Lipinski definition) is 4. The van der Waals surface area contributed by atoms with E-state index in [4.69, 9.17) is 21.1 Å². The Morgan fingerprint density at radius 1 is 1.03 bits per heavy atom. The van der Waals surface area contributed by atoms with E-state index in [9.17, 15) is 9.90 Å². The fourth-order valence-corrected chi connectivity index (χ4v) is 5.33. The Bertz CT molecular complexity index is 1220. The number of carbonyl (C=O) groups excluding carboxylic acids is 1. The molecule has 1 amide bonds. The van der Waals surface area contributed by atoms with E-state index < -0.39 is 11.8 Å². The molecule has 0 bridgehead atoms. The fourth-order valence-electron chi connectivity index (χ4n) is 5.21. The average Bonchev–Trinajstić information content (AvgIpc) is 3.31. The summed E-state index contributed by atoms with van der Waals surface area (Å²) >= 11 is 6.05. The quantitative estimate of drug-likeness (QED) is 0.388. The highest BCUT2D eigenvalue weighted by atomic mass is 35.5. The molecule has 0 radical (unpaired) electrons. The SMILES string of the molecule is CC(C)Oc1ccc2c(c1)[C@H](OCc1ccc(Cl)cc1)N(c1ccc(C3(O)CCCC3)cc1)C(=O)C2. The first kappa shape index (κ1) is 24.8. The molecule has 0 unspecified atom stereocenters. The molecule has 0 spiro atoms. The highest BCUT2D eigenvalue weighted by Gasteiger charge is 2.36. The lowest BCUT2D eigenvalue weighted by Gasteiger charge is -2.37. The van der Waals surface area contributed by atoms with Crippen LogP contribution in [0.15, 0.2) is 66.7 Å². The van der Waals surface area contributed by atoms with Crippen LogP contribution in [0.4, 0.5) is 5.69 Å². The largest absolute Gasteiger partial charge is 0.491 e. The molecule has 1 fully saturated rings. The second-order valence-electron chi connectivity index (χ2n) is 10.0. The molecular formula is C30H32ClNO4. The molecule has 2 aliphatic rings. The van der Waals surface area contributed by atoms with Gasteiger partial charge in [-0.1, -0.05) is 54.8 Å². The summed E-state index contributed by atoms with van der Waals surface area (Å²) in [6.07, 6.45) is 3.30. The van der Waals surface area contributed by atoms with Crippen molar-refractivity contribution >= 4 is 23.2 Å². The Balaban J connectivity index is 1.49. The van der Waals surface area contributed by atoms with Gasteiger partial charge in [-0.25, -0.2) is 0 Å². The van der Waals surface area contributed by atoms with Crippen LogP contribution in [0.25, 0.3) is 0 Å². The Hall–Kier alpha value is -2.86. The van der Waals surface area contributed by atoms with E-state index in [2.05, 4.69) is 0 Å². The van der Waals surface area contributed by atoms with Crippen LogP contribution in [0.1, 0.15) is 68.0 Å². The molecule has 1 aliphatic heterocycles. The molecule has 0 aromatic heterocycles. The van der Waals surface area contributed by atoms with Crippen LogP contribution in [0, 0.1) is 0 Å². The molecule has 188 valence electrons. The van der Waals surface area contributed by atoms with E-state index in [1.807, 2.05) is 80.6 Å². The molecule has 1 aliphatic carbocycles. The highest BCUT2D eigenvalue weighted by Crippen LogP contribution is 2.41. The van der Waals surface area contributed by atoms with E-state index in [1.54, 1.807) is 4.90 Å². The number of carbonyl (C=O) groups is 1. The third-order valence-electron chi connectivity index (χ3n) is 7.03. The van der Waals surface area contributed by atoms with Crippen LogP contribution in [0.5, 0.6) is 5.75 Å². The van der Waals surface area contributed by atoms with Crippen LogP contribution < -0.4 is 9.64 Å². The standard InChI is InChI=1S/C30H32ClNO4/c1-20(2)36-26-14-7-22-17-28(33)32(25-12-8-23(9-13-25)30(34)15-3-4-16-30)29(27(22)18-26)35-19-21-5-10-24(31)11-6-21/h5-14,18,20,29,34H,3-4,15-17,19H2,1-2H3/t29-/m0/s1. The maximum Gasteiger partial charge on any atom is 0.233 e. The summed E-state index contributed by atoms with van der Waals surface area (Å²) in [6, 6.07) is 21.1. The Kier molecular flexibility index (Phi) is 7.07. The maximum absolute atomic E-state index is 13.4. The number of benzene rings is 3. The zero-order valence-corrected chi connectivity index (χ0v) is 21.5. The molecule has 3 aromatic rings. The second-order valence-corrected chi connectivity index (χ2v) is 10.5. The van der Waals surface area contributed by atoms with Crippen molar-refractivity contribution in [1.82, 2.24) is 0 Å². The van der Waals surface area contributed by atoms with Gasteiger partial charge in [0.05, 0.1) is 24.7 Å². The van der Waals surface area contributed by atoms with Gasteiger partial charge < -0.3 is 14.6 Å². The van der Waals surface area contributed by atoms with Gasteiger partial charge in [0.15, 0.2) is 6.23 Å². The molecular weight excluding hydrogens is 474 g/mol. The lowest BCUT2D eigenvalue weighted by Crippen LogP contribution is -2.41. The molecule has 36 heavy (non-hydrogen) atoms. The zero-order valence-electron chi connectivity index (χ0n) is 20.7. The first-order valence-electron chi connectivity index (χ1n) is 12.6. The number of hydrogen-bond donors (Lipinski definition) is 1. The van der Waals surface area contributed by atoms with Crippen molar-refractivity contribution in [1.29, 1.82) is 0 Å². The van der Waals surface area contributed by atoms with Gasteiger partial charge >= 0.3 is 0 Å². The number of rotatable bonds is 7. The van der Waals surface area contributed by atoms with Crippen molar-refractivity contribution in [2.24, 2.45) is 0 Å². The molecule has 1 atom stereocenters. The predicted molar refractivity (Wildman–Crippen MR) is 141 cm³/mol. The van der Waals surface area contributed by atoms with Gasteiger partial charge in [0.2, 0.25) is 5.91 Å². The summed E-state index contributed by atoms with van der Waals surface area (Å²) in [5.74, 6) is 0.713. The topological polar surface area (TPSA) is 59.0 Å². The van der Waals surface area contributed by atoms with Crippen molar-refractivity contribution in [3.8, 4) is 5.75 Å². The van der Waals surface area contributed by atoms with Gasteiger partial charge in [0, 0.05) is 16.3 Å². The smallest absolute Gasteiger partial charge is 0.233 e. The number of halogens is 1. The number of anilines is 1. The van der Waals surface area contributed by atoms with Crippen molar-refractivity contribution in [3.63, 3.8) is 0 Å². The summed E-state index contributed by atoms with van der Waals surface area (Å²) < 4.78 is 12.4. The summed E-state index contributed by atoms with van der Waals surface area (Å²) in [6.45, 7) is 4.30. The summed E-state index contributed by atoms with van der Waals surface area (Å²) in [4.78, 5) is 15.2.